The van der Waals surface area contributed by atoms with Gasteiger partial charge in [0.2, 0.25) is 10.0 Å². The van der Waals surface area contributed by atoms with Crippen LogP contribution in [0.3, 0.4) is 0 Å². The average molecular weight is 322 g/mol. The first-order valence-corrected chi connectivity index (χ1v) is 7.95. The van der Waals surface area contributed by atoms with Gasteiger partial charge in [0.05, 0.1) is 0 Å². The van der Waals surface area contributed by atoms with E-state index in [9.17, 15) is 8.42 Å². The van der Waals surface area contributed by atoms with Crippen molar-refractivity contribution in [2.45, 2.75) is 18.4 Å². The first-order valence-electron chi connectivity index (χ1n) is 6.06. The van der Waals surface area contributed by atoms with Gasteiger partial charge in [-0.05, 0) is 36.2 Å². The van der Waals surface area contributed by atoms with Gasteiger partial charge in [0.25, 0.3) is 0 Å². The maximum absolute atomic E-state index is 12.4. The minimum atomic E-state index is -3.75. The largest absolute Gasteiger partial charge is 0.388 e. The van der Waals surface area contributed by atoms with Crippen molar-refractivity contribution in [1.29, 1.82) is 0 Å². The van der Waals surface area contributed by atoms with E-state index in [0.717, 1.165) is 11.1 Å². The van der Waals surface area contributed by atoms with Gasteiger partial charge in [-0.2, -0.15) is 0 Å². The highest BCUT2D eigenvalue weighted by Crippen LogP contribution is 2.14. The predicted octanol–water partition coefficient (Wildman–Crippen LogP) is 0.898. The van der Waals surface area contributed by atoms with Gasteiger partial charge in [0.15, 0.2) is 0 Å². The number of thiocarbonyl (C=S) groups is 1. The highest BCUT2D eigenvalue weighted by Gasteiger charge is 2.20. The van der Waals surface area contributed by atoms with Crippen molar-refractivity contribution >= 4 is 27.2 Å². The Morgan fingerprint density at radius 2 is 2.14 bits per heavy atom. The summed E-state index contributed by atoms with van der Waals surface area (Å²) in [5, 5.41) is 0. The topological polar surface area (TPSA) is 98.0 Å². The molecule has 0 aliphatic heterocycles. The van der Waals surface area contributed by atoms with Gasteiger partial charge in [0, 0.05) is 25.1 Å². The minimum Gasteiger partial charge on any atom is -0.388 e. The molecule has 2 rings (SSSR count). The molecule has 0 saturated carbocycles. The molecule has 3 N–H and O–H groups in total. The van der Waals surface area contributed by atoms with Crippen LogP contribution in [-0.2, 0) is 16.6 Å². The highest BCUT2D eigenvalue weighted by atomic mass is 32.2. The van der Waals surface area contributed by atoms with Crippen molar-refractivity contribution < 1.29 is 8.42 Å². The first-order chi connectivity index (χ1) is 9.92. The average Bonchev–Trinajstić information content (AvgIpc) is 2.46. The molecule has 8 heteroatoms. The summed E-state index contributed by atoms with van der Waals surface area (Å²) in [5.41, 5.74) is 7.35. The SMILES string of the molecule is Cc1cnccc1CNS(=O)(=O)c1cccnc1C(N)=S. The number of sulfonamides is 1. The summed E-state index contributed by atoms with van der Waals surface area (Å²) >= 11 is 4.83. The number of rotatable bonds is 5. The molecule has 6 nitrogen and oxygen atoms in total. The summed E-state index contributed by atoms with van der Waals surface area (Å²) in [6.45, 7) is 2.02. The second-order valence-corrected chi connectivity index (χ2v) is 6.52. The summed E-state index contributed by atoms with van der Waals surface area (Å²) in [6.07, 6.45) is 4.73. The fourth-order valence-corrected chi connectivity index (χ4v) is 3.15. The van der Waals surface area contributed by atoms with E-state index in [4.69, 9.17) is 18.0 Å². The van der Waals surface area contributed by atoms with E-state index in [-0.39, 0.29) is 22.1 Å². The molecule has 2 heterocycles. The van der Waals surface area contributed by atoms with Crippen molar-refractivity contribution in [3.63, 3.8) is 0 Å². The van der Waals surface area contributed by atoms with Gasteiger partial charge in [-0.3, -0.25) is 9.97 Å². The maximum Gasteiger partial charge on any atom is 0.243 e. The van der Waals surface area contributed by atoms with Crippen molar-refractivity contribution in [2.24, 2.45) is 5.73 Å². The molecule has 0 aliphatic rings. The molecule has 0 spiro atoms. The zero-order chi connectivity index (χ0) is 15.5. The lowest BCUT2D eigenvalue weighted by Crippen LogP contribution is -2.27. The van der Waals surface area contributed by atoms with Crippen LogP contribution in [0.4, 0.5) is 0 Å². The standard InChI is InChI=1S/C13H14N4O2S2/c1-9-7-15-6-4-10(9)8-17-21(18,19)11-3-2-5-16-12(11)13(14)20/h2-7,17H,8H2,1H3,(H2,14,20). The van der Waals surface area contributed by atoms with Crippen LogP contribution in [0.1, 0.15) is 16.8 Å². The Morgan fingerprint density at radius 1 is 1.38 bits per heavy atom. The molecule has 0 radical (unpaired) electrons. The Bertz CT molecular complexity index is 775. The van der Waals surface area contributed by atoms with Crippen molar-refractivity contribution in [3.8, 4) is 0 Å². The zero-order valence-electron chi connectivity index (χ0n) is 11.3. The van der Waals surface area contributed by atoms with Crippen molar-refractivity contribution in [2.75, 3.05) is 0 Å². The molecule has 0 aliphatic carbocycles. The number of pyridine rings is 2. The first kappa shape index (κ1) is 15.5. The minimum absolute atomic E-state index is 0.0239. The Balaban J connectivity index is 2.28. The fraction of sp³-hybridized carbons (Fsp3) is 0.154. The van der Waals surface area contributed by atoms with E-state index < -0.39 is 10.0 Å². The van der Waals surface area contributed by atoms with Crippen LogP contribution in [0.2, 0.25) is 0 Å². The lowest BCUT2D eigenvalue weighted by atomic mass is 10.2. The van der Waals surface area contributed by atoms with E-state index in [1.165, 1.54) is 18.3 Å². The van der Waals surface area contributed by atoms with E-state index in [1.54, 1.807) is 18.5 Å². The molecule has 2 aromatic heterocycles. The van der Waals surface area contributed by atoms with Crippen LogP contribution in [0.15, 0.2) is 41.7 Å². The van der Waals surface area contributed by atoms with E-state index in [2.05, 4.69) is 14.7 Å². The lowest BCUT2D eigenvalue weighted by Gasteiger charge is -2.10. The molecule has 0 amide bonds. The Morgan fingerprint density at radius 3 is 2.81 bits per heavy atom. The summed E-state index contributed by atoms with van der Waals surface area (Å²) in [6, 6.07) is 4.70. The van der Waals surface area contributed by atoms with Crippen LogP contribution in [-0.4, -0.2) is 23.4 Å². The molecule has 0 aromatic carbocycles. The summed E-state index contributed by atoms with van der Waals surface area (Å²) in [4.78, 5) is 7.80. The molecule has 0 bridgehead atoms. The Kier molecular flexibility index (Phi) is 4.61. The van der Waals surface area contributed by atoms with E-state index in [0.29, 0.717) is 0 Å². The van der Waals surface area contributed by atoms with Gasteiger partial charge in [-0.25, -0.2) is 13.1 Å². The maximum atomic E-state index is 12.4. The summed E-state index contributed by atoms with van der Waals surface area (Å²) in [7, 11) is -3.75. The van der Waals surface area contributed by atoms with Crippen LogP contribution in [0.5, 0.6) is 0 Å². The van der Waals surface area contributed by atoms with Crippen LogP contribution < -0.4 is 10.5 Å². The van der Waals surface area contributed by atoms with Crippen LogP contribution in [0, 0.1) is 6.92 Å². The number of nitrogens with one attached hydrogen (secondary N) is 1. The monoisotopic (exact) mass is 322 g/mol. The third-order valence-electron chi connectivity index (χ3n) is 2.88. The molecule has 21 heavy (non-hydrogen) atoms. The Hall–Kier alpha value is -1.90. The number of nitrogens with two attached hydrogens (primary N) is 1. The van der Waals surface area contributed by atoms with E-state index >= 15 is 0 Å². The van der Waals surface area contributed by atoms with Crippen LogP contribution in [0.25, 0.3) is 0 Å². The molecule has 0 saturated heterocycles. The number of nitrogens with zero attached hydrogens (tertiary/aromatic N) is 2. The second-order valence-electron chi connectivity index (χ2n) is 4.34. The number of aryl methyl sites for hydroxylation is 1. The number of aromatic nitrogens is 2. The quantitative estimate of drug-likeness (QED) is 0.794. The molecule has 0 unspecified atom stereocenters. The normalized spacial score (nSPS) is 11.3. The van der Waals surface area contributed by atoms with Gasteiger partial charge < -0.3 is 5.73 Å². The predicted molar refractivity (Wildman–Crippen MR) is 83.1 cm³/mol. The lowest BCUT2D eigenvalue weighted by molar-refractivity contribution is 0.580. The smallest absolute Gasteiger partial charge is 0.243 e. The third-order valence-corrected chi connectivity index (χ3v) is 4.51. The Labute approximate surface area is 128 Å². The number of hydrogen-bond donors (Lipinski definition) is 2. The molecule has 110 valence electrons. The van der Waals surface area contributed by atoms with Gasteiger partial charge in [-0.1, -0.05) is 12.2 Å². The van der Waals surface area contributed by atoms with Crippen LogP contribution >= 0.6 is 12.2 Å². The van der Waals surface area contributed by atoms with Gasteiger partial charge in [-0.15, -0.1) is 0 Å². The summed E-state index contributed by atoms with van der Waals surface area (Å²) < 4.78 is 27.2. The van der Waals surface area contributed by atoms with Gasteiger partial charge in [0.1, 0.15) is 15.6 Å². The molecule has 0 fully saturated rings. The molecule has 2 aromatic rings. The van der Waals surface area contributed by atoms with E-state index in [1.807, 2.05) is 6.92 Å². The van der Waals surface area contributed by atoms with Gasteiger partial charge >= 0.3 is 0 Å². The molecular formula is C13H14N4O2S2. The second kappa shape index (κ2) is 6.25. The third kappa shape index (κ3) is 3.60. The summed E-state index contributed by atoms with van der Waals surface area (Å²) in [5.74, 6) is 0. The number of hydrogen-bond acceptors (Lipinski definition) is 5. The molecular weight excluding hydrogens is 308 g/mol. The van der Waals surface area contributed by atoms with Crippen molar-refractivity contribution in [1.82, 2.24) is 14.7 Å². The zero-order valence-corrected chi connectivity index (χ0v) is 12.9. The van der Waals surface area contributed by atoms with Crippen molar-refractivity contribution in [3.05, 3.63) is 53.6 Å². The fourth-order valence-electron chi connectivity index (χ4n) is 1.74. The highest BCUT2D eigenvalue weighted by molar-refractivity contribution is 7.89. The molecule has 0 atom stereocenters.